The van der Waals surface area contributed by atoms with Crippen molar-refractivity contribution in [1.82, 2.24) is 15.3 Å². The van der Waals surface area contributed by atoms with Gasteiger partial charge in [0.2, 0.25) is 5.88 Å². The number of carbonyl (C=O) groups excluding carboxylic acids is 1. The Balaban J connectivity index is 1.46. The first kappa shape index (κ1) is 21.0. The van der Waals surface area contributed by atoms with E-state index in [1.165, 1.54) is 49.2 Å². The van der Waals surface area contributed by atoms with E-state index in [0.717, 1.165) is 22.9 Å². The quantitative estimate of drug-likeness (QED) is 0.369. The lowest BCUT2D eigenvalue weighted by molar-refractivity contribution is 0.252. The van der Waals surface area contributed by atoms with E-state index >= 15 is 0 Å². The molecule has 0 spiro atoms. The Bertz CT molecular complexity index is 789. The van der Waals surface area contributed by atoms with Crippen molar-refractivity contribution in [3.63, 3.8) is 0 Å². The first-order chi connectivity index (χ1) is 13.5. The molecule has 2 aromatic rings. The van der Waals surface area contributed by atoms with Gasteiger partial charge in [0.25, 0.3) is 0 Å². The van der Waals surface area contributed by atoms with Gasteiger partial charge in [-0.05, 0) is 25.0 Å². The number of aromatic nitrogens is 2. The second-order valence-electron chi connectivity index (χ2n) is 6.73. The van der Waals surface area contributed by atoms with E-state index in [9.17, 15) is 9.90 Å². The fraction of sp³-hybridized carbons (Fsp3) is 0.500. The molecular weight excluding hydrogens is 421 g/mol. The van der Waals surface area contributed by atoms with Gasteiger partial charge in [0, 0.05) is 24.7 Å². The highest BCUT2D eigenvalue weighted by Crippen LogP contribution is 2.30. The van der Waals surface area contributed by atoms with Gasteiger partial charge in [-0.2, -0.15) is 4.98 Å². The maximum absolute atomic E-state index is 12.0. The molecule has 0 atom stereocenters. The molecule has 1 aliphatic rings. The zero-order valence-electron chi connectivity index (χ0n) is 15.3. The lowest BCUT2D eigenvalue weighted by Crippen LogP contribution is -2.30. The molecule has 1 aliphatic carbocycles. The van der Waals surface area contributed by atoms with Gasteiger partial charge in [0.05, 0.1) is 4.88 Å². The molecule has 2 heterocycles. The number of pyridine rings is 1. The zero-order chi connectivity index (χ0) is 19.9. The van der Waals surface area contributed by atoms with Crippen LogP contribution in [0.1, 0.15) is 43.4 Å². The van der Waals surface area contributed by atoms with Crippen molar-refractivity contribution in [2.75, 3.05) is 17.2 Å². The Morgan fingerprint density at radius 1 is 1.14 bits per heavy atom. The van der Waals surface area contributed by atoms with Gasteiger partial charge >= 0.3 is 6.03 Å². The van der Waals surface area contributed by atoms with Crippen LogP contribution in [-0.2, 0) is 6.42 Å². The summed E-state index contributed by atoms with van der Waals surface area (Å²) in [6.45, 7) is 0.358. The molecule has 0 aliphatic heterocycles. The number of nitrogens with one attached hydrogen (secondary N) is 3. The molecule has 0 aromatic carbocycles. The molecule has 2 aromatic heterocycles. The lowest BCUT2D eigenvalue weighted by Gasteiger charge is -2.14. The molecular formula is C18H23Cl2N5O2S. The van der Waals surface area contributed by atoms with E-state index < -0.39 is 0 Å². The predicted molar refractivity (Wildman–Crippen MR) is 114 cm³/mol. The van der Waals surface area contributed by atoms with Crippen LogP contribution in [-0.4, -0.2) is 33.7 Å². The number of halogens is 2. The summed E-state index contributed by atoms with van der Waals surface area (Å²) in [6, 6.07) is 3.05. The van der Waals surface area contributed by atoms with Crippen LogP contribution in [0.3, 0.4) is 0 Å². The zero-order valence-corrected chi connectivity index (χ0v) is 17.6. The number of hydrogen-bond donors (Lipinski definition) is 4. The van der Waals surface area contributed by atoms with Gasteiger partial charge in [0.1, 0.15) is 10.3 Å². The summed E-state index contributed by atoms with van der Waals surface area (Å²) < 4.78 is 0. The second kappa shape index (κ2) is 10.1. The smallest absolute Gasteiger partial charge is 0.319 e. The van der Waals surface area contributed by atoms with Crippen molar-refractivity contribution < 1.29 is 9.90 Å². The summed E-state index contributed by atoms with van der Waals surface area (Å²) in [6.07, 6.45) is 7.81. The number of carbonyl (C=O) groups is 1. The van der Waals surface area contributed by atoms with Crippen LogP contribution in [0.5, 0.6) is 5.88 Å². The minimum absolute atomic E-state index is 0.0241. The molecule has 4 N–H and O–H groups in total. The van der Waals surface area contributed by atoms with Gasteiger partial charge in [-0.1, -0.05) is 60.2 Å². The van der Waals surface area contributed by atoms with Crippen molar-refractivity contribution in [2.45, 2.75) is 51.0 Å². The average Bonchev–Trinajstić information content (AvgIpc) is 2.80. The highest BCUT2D eigenvalue weighted by atomic mass is 35.5. The number of rotatable bonds is 6. The van der Waals surface area contributed by atoms with Crippen LogP contribution in [0.4, 0.5) is 15.6 Å². The molecule has 0 saturated heterocycles. The van der Waals surface area contributed by atoms with E-state index in [-0.39, 0.29) is 22.2 Å². The Hall–Kier alpha value is -1.77. The number of aromatic hydroxyl groups is 1. The first-order valence-electron chi connectivity index (χ1n) is 9.33. The molecule has 7 nitrogen and oxygen atoms in total. The number of amides is 2. The van der Waals surface area contributed by atoms with E-state index in [1.54, 1.807) is 0 Å². The Labute approximate surface area is 177 Å². The monoisotopic (exact) mass is 443 g/mol. The number of nitrogens with zero attached hydrogens (tertiary/aromatic N) is 2. The maximum Gasteiger partial charge on any atom is 0.319 e. The van der Waals surface area contributed by atoms with Crippen LogP contribution in [0, 0.1) is 0 Å². The highest BCUT2D eigenvalue weighted by molar-refractivity contribution is 7.15. The molecule has 0 bridgehead atoms. The lowest BCUT2D eigenvalue weighted by atomic mass is 10.1. The minimum atomic E-state index is -0.390. The molecule has 1 fully saturated rings. The Morgan fingerprint density at radius 3 is 2.50 bits per heavy atom. The van der Waals surface area contributed by atoms with Crippen molar-refractivity contribution in [3.8, 4) is 5.88 Å². The molecule has 152 valence electrons. The third kappa shape index (κ3) is 6.39. The predicted octanol–water partition coefficient (Wildman–Crippen LogP) is 5.05. The van der Waals surface area contributed by atoms with Gasteiger partial charge in [-0.15, -0.1) is 0 Å². The normalized spacial score (nSPS) is 15.1. The molecule has 3 rings (SSSR count). The standard InChI is InChI=1S/C18H23Cl2N5O2S/c19-14-9-12(10-15(20)24-14)22-17(27)21-8-7-13-16(26)25-18(28-13)23-11-5-3-1-2-4-6-11/h9-11,26H,1-8H2,(H,23,25)(H2,21,22,24,27). The molecule has 0 unspecified atom stereocenters. The van der Waals surface area contributed by atoms with Crippen LogP contribution in [0.25, 0.3) is 0 Å². The van der Waals surface area contributed by atoms with Crippen LogP contribution < -0.4 is 16.0 Å². The van der Waals surface area contributed by atoms with Crippen LogP contribution in [0.15, 0.2) is 12.1 Å². The first-order valence-corrected chi connectivity index (χ1v) is 10.9. The summed E-state index contributed by atoms with van der Waals surface area (Å²) in [5, 5.41) is 20.0. The van der Waals surface area contributed by atoms with Gasteiger partial charge in [-0.25, -0.2) is 9.78 Å². The summed E-state index contributed by atoms with van der Waals surface area (Å²) in [7, 11) is 0. The third-order valence-corrected chi connectivity index (χ3v) is 5.94. The van der Waals surface area contributed by atoms with Gasteiger partial charge < -0.3 is 21.1 Å². The largest absolute Gasteiger partial charge is 0.492 e. The van der Waals surface area contributed by atoms with Crippen molar-refractivity contribution in [3.05, 3.63) is 27.3 Å². The number of anilines is 2. The Kier molecular flexibility index (Phi) is 7.58. The van der Waals surface area contributed by atoms with E-state index in [2.05, 4.69) is 25.9 Å². The van der Waals surface area contributed by atoms with E-state index in [0.29, 0.717) is 24.7 Å². The minimum Gasteiger partial charge on any atom is -0.492 e. The number of urea groups is 1. The van der Waals surface area contributed by atoms with E-state index in [4.69, 9.17) is 23.2 Å². The number of thiazole rings is 1. The van der Waals surface area contributed by atoms with Crippen molar-refractivity contribution >= 4 is 51.4 Å². The van der Waals surface area contributed by atoms with Gasteiger partial charge in [0.15, 0.2) is 5.13 Å². The van der Waals surface area contributed by atoms with Gasteiger partial charge in [-0.3, -0.25) is 0 Å². The molecule has 1 saturated carbocycles. The average molecular weight is 444 g/mol. The SMILES string of the molecule is O=C(NCCc1sc(NC2CCCCCC2)nc1O)Nc1cc(Cl)nc(Cl)c1. The summed E-state index contributed by atoms with van der Waals surface area (Å²) in [4.78, 5) is 20.8. The molecule has 0 radical (unpaired) electrons. The Morgan fingerprint density at radius 2 is 1.82 bits per heavy atom. The fourth-order valence-corrected chi connectivity index (χ4v) is 4.56. The number of hydrogen-bond acceptors (Lipinski definition) is 6. The van der Waals surface area contributed by atoms with Crippen LogP contribution in [0.2, 0.25) is 10.3 Å². The van der Waals surface area contributed by atoms with Crippen molar-refractivity contribution in [2.24, 2.45) is 0 Å². The topological polar surface area (TPSA) is 99.2 Å². The summed E-state index contributed by atoms with van der Waals surface area (Å²) >= 11 is 13.1. The second-order valence-corrected chi connectivity index (χ2v) is 8.59. The van der Waals surface area contributed by atoms with Crippen LogP contribution >= 0.6 is 34.5 Å². The van der Waals surface area contributed by atoms with Crippen molar-refractivity contribution in [1.29, 1.82) is 0 Å². The molecule has 10 heteroatoms. The maximum atomic E-state index is 12.0. The van der Waals surface area contributed by atoms with E-state index in [1.807, 2.05) is 0 Å². The molecule has 28 heavy (non-hydrogen) atoms. The summed E-state index contributed by atoms with van der Waals surface area (Å²) in [5.41, 5.74) is 0.457. The fourth-order valence-electron chi connectivity index (χ4n) is 3.17. The third-order valence-electron chi connectivity index (χ3n) is 4.52. The highest BCUT2D eigenvalue weighted by Gasteiger charge is 2.16. The molecule has 2 amide bonds. The summed E-state index contributed by atoms with van der Waals surface area (Å²) in [5.74, 6) is 0.0241.